The Kier molecular flexibility index (Phi) is 28.3. The molecule has 0 unspecified atom stereocenters. The van der Waals surface area contributed by atoms with E-state index in [2.05, 4.69) is 0 Å². The Morgan fingerprint density at radius 2 is 0.450 bits per heavy atom. The van der Waals surface area contributed by atoms with Crippen LogP contribution in [0.5, 0.6) is 23.0 Å². The summed E-state index contributed by atoms with van der Waals surface area (Å²) in [4.78, 5) is 95.4. The van der Waals surface area contributed by atoms with Gasteiger partial charge in [-0.2, -0.15) is 0 Å². The van der Waals surface area contributed by atoms with Crippen LogP contribution >= 0.6 is 34.8 Å². The second kappa shape index (κ2) is 41.3. The van der Waals surface area contributed by atoms with E-state index in [1.807, 2.05) is 133 Å². The summed E-state index contributed by atoms with van der Waals surface area (Å²) in [5, 5.41) is 16.9. The maximum Gasteiger partial charge on any atom is 0.344 e. The van der Waals surface area contributed by atoms with Gasteiger partial charge in [0.15, 0.2) is 34.7 Å². The highest BCUT2D eigenvalue weighted by molar-refractivity contribution is 6.35. The maximum absolute atomic E-state index is 13.9. The minimum atomic E-state index is -0.590. The quantitative estimate of drug-likeness (QED) is 0.0461. The summed E-state index contributed by atoms with van der Waals surface area (Å²) < 4.78 is 103. The molecule has 0 spiro atoms. The first-order valence-corrected chi connectivity index (χ1v) is 46.5. The van der Waals surface area contributed by atoms with Crippen molar-refractivity contribution in [3.05, 3.63) is 391 Å². The summed E-state index contributed by atoms with van der Waals surface area (Å²) in [6, 6.07) is 66.2. The largest absolute Gasteiger partial charge is 0.497 e. The number of anilines is 8. The van der Waals surface area contributed by atoms with E-state index in [1.165, 1.54) is 69.9 Å². The highest BCUT2D eigenvalue weighted by Gasteiger charge is 2.22. The summed E-state index contributed by atoms with van der Waals surface area (Å²) in [6.07, 6.45) is 0. The summed E-state index contributed by atoms with van der Waals surface area (Å²) >= 11 is 18.2. The zero-order valence-corrected chi connectivity index (χ0v) is 83.3. The number of rotatable bonds is 4. The number of hydrogen-bond donors (Lipinski definition) is 8. The van der Waals surface area contributed by atoms with Gasteiger partial charge in [-0.3, -0.25) is 0 Å². The van der Waals surface area contributed by atoms with Gasteiger partial charge in [-0.05, 0) is 250 Å². The lowest BCUT2D eigenvalue weighted by Gasteiger charge is -2.08. The van der Waals surface area contributed by atoms with Crippen molar-refractivity contribution in [2.24, 2.45) is 0 Å². The molecule has 0 amide bonds. The molecular formula is C115H88Cl3F3N8O20. The lowest BCUT2D eigenvalue weighted by Crippen LogP contribution is -2.02. The predicted molar refractivity (Wildman–Crippen MR) is 589 cm³/mol. The fraction of sp³-hybridized carbons (Fsp3) is 0.0957. The minimum absolute atomic E-state index is 0.00888. The topological polar surface area (TPSA) is 487 Å². The highest BCUT2D eigenvalue weighted by atomic mass is 35.5. The molecule has 16 aromatic carbocycles. The predicted octanol–water partition coefficient (Wildman–Crippen LogP) is 24.8. The number of methoxy groups -OCH3 is 4. The van der Waals surface area contributed by atoms with Crippen molar-refractivity contribution in [3.8, 4) is 23.0 Å². The lowest BCUT2D eigenvalue weighted by molar-refractivity contribution is 0.387. The van der Waals surface area contributed by atoms with Crippen LogP contribution in [0.25, 0.3) is 174 Å². The molecule has 0 aliphatic rings. The van der Waals surface area contributed by atoms with Gasteiger partial charge in [0, 0.05) is 174 Å². The van der Waals surface area contributed by atoms with E-state index in [0.717, 1.165) is 92.8 Å². The van der Waals surface area contributed by atoms with Gasteiger partial charge >= 0.3 is 45.0 Å². The third kappa shape index (κ3) is 20.4. The van der Waals surface area contributed by atoms with Crippen molar-refractivity contribution in [2.45, 2.75) is 48.5 Å². The van der Waals surface area contributed by atoms with Gasteiger partial charge in [0.2, 0.25) is 0 Å². The van der Waals surface area contributed by atoms with Crippen molar-refractivity contribution in [1.29, 1.82) is 0 Å². The smallest absolute Gasteiger partial charge is 0.344 e. The Labute approximate surface area is 853 Å². The number of hydrogen-bond acceptors (Lipinski definition) is 28. The fourth-order valence-corrected chi connectivity index (χ4v) is 17.6. The Morgan fingerprint density at radius 1 is 0.208 bits per heavy atom. The van der Waals surface area contributed by atoms with Crippen LogP contribution < -0.4 is 110 Å². The Balaban J connectivity index is 0.000000116. The standard InChI is InChI=1S/C15H12ClNO2.C15H12FNO3.C15H13NO3.C14H9ClFNO3.C14H10ClNO2.C14H10FNO3.2C14H11NO2/c1-7-3-11-9(5-12(7)16)10-4-8(2)13(17)6-14(10)19-15(11)18;1-7-3-9-8-4-11(16)14(19-2)5-10(8)15(18)20-13(9)6-12(7)17;1-8-5-11-10-4-3-9(18-2)6-12(10)15(17)19-14(11)7-13(8)16;1-19-13-4-8-6(3-10(13)16)7-2-9(15)11(17)5-12(7)20-14(8)18;1-7-4-11-10(6-12(7)15)9-3-2-8(16)5-13(9)18-14(11)17;1-18-13-6-10-9(5-11(13)15)8-3-2-7(16)4-12(8)19-14(10)17;1-8-2-4-10-11-5-3-9(15)7-13(11)17-14(16)12(10)6-8;1-8-6-11-9-4-2-3-5-10(9)14(16)17-13(11)7-12(8)15/h3-6H,17H2,1-2H3;3-6H,17H2,1-2H3;3-7H,16H2,1-2H3;2-5H,17H2,1H3;2-6H,16H2,1H3;2-6H,16H2,1H3;2*2-7H,15H2,1H3. The number of halogens is 6. The summed E-state index contributed by atoms with van der Waals surface area (Å²) in [6.45, 7) is 13.3. The van der Waals surface area contributed by atoms with Gasteiger partial charge in [-0.25, -0.2) is 51.5 Å². The first-order valence-electron chi connectivity index (χ1n) is 45.4. The van der Waals surface area contributed by atoms with Crippen LogP contribution in [0.4, 0.5) is 58.7 Å². The molecular weight excluding hydrogens is 1980 g/mol. The SMILES string of the molecule is COc1cc2c(=O)oc3cc(N)c(C)cc3c2cc1F.COc1cc2c(=O)oc3cc(N)c(Cl)cc3c2cc1F.COc1cc2c(=O)oc3cc(N)ccc3c2cc1F.COc1ccc2c(c1)c(=O)oc1cc(N)c(C)cc12.Cc1cc2c(=O)oc3cc(N)ccc3c2cc1Cl.Cc1cc2c(cc1N)oc(=O)c1cc(C)c(Cl)cc12.Cc1cc2c(cc1N)oc(=O)c1ccccc12.Cc1ccc2c(c1)c(=O)oc1cc(N)ccc12. The van der Waals surface area contributed by atoms with Crippen LogP contribution in [0.1, 0.15) is 38.9 Å². The first kappa shape index (κ1) is 102. The number of benzene rings is 16. The molecule has 0 radical (unpaired) electrons. The molecule has 28 nitrogen and oxygen atoms in total. The third-order valence-electron chi connectivity index (χ3n) is 25.1. The minimum Gasteiger partial charge on any atom is -0.497 e. The maximum atomic E-state index is 13.9. The van der Waals surface area contributed by atoms with Gasteiger partial charge in [0.25, 0.3) is 0 Å². The van der Waals surface area contributed by atoms with E-state index >= 15 is 0 Å². The van der Waals surface area contributed by atoms with Crippen molar-refractivity contribution >= 4 is 254 Å². The number of ether oxygens (including phenoxy) is 4. The molecule has 8 heterocycles. The number of nitrogens with two attached hydrogens (primary N) is 8. The molecule has 8 aromatic heterocycles. The van der Waals surface area contributed by atoms with Crippen molar-refractivity contribution in [1.82, 2.24) is 0 Å². The summed E-state index contributed by atoms with van der Waals surface area (Å²) in [5.41, 5.74) is 56.8. The molecule has 24 rings (SSSR count). The molecule has 750 valence electrons. The third-order valence-corrected chi connectivity index (χ3v) is 26.2. The Hall–Kier alpha value is -18.5. The highest BCUT2D eigenvalue weighted by Crippen LogP contribution is 2.40. The molecule has 0 aliphatic carbocycles. The molecule has 24 aromatic rings. The first-order chi connectivity index (χ1) is 71.0. The summed E-state index contributed by atoms with van der Waals surface area (Å²) in [7, 11) is 5.57. The second-order valence-electron chi connectivity index (χ2n) is 35.0. The van der Waals surface area contributed by atoms with E-state index in [0.29, 0.717) is 159 Å². The molecule has 34 heteroatoms. The lowest BCUT2D eigenvalue weighted by atomic mass is 10.0. The van der Waals surface area contributed by atoms with Crippen LogP contribution in [-0.2, 0) is 0 Å². The van der Waals surface area contributed by atoms with Gasteiger partial charge in [-0.1, -0.05) is 70.7 Å². The van der Waals surface area contributed by atoms with Gasteiger partial charge in [0.05, 0.1) is 82.2 Å². The van der Waals surface area contributed by atoms with Crippen LogP contribution in [0.3, 0.4) is 0 Å². The molecule has 0 saturated carbocycles. The Bertz CT molecular complexity index is 10100. The molecule has 16 N–H and O–H groups in total. The van der Waals surface area contributed by atoms with Crippen LogP contribution in [0.2, 0.25) is 15.1 Å². The zero-order chi connectivity index (χ0) is 107. The van der Waals surface area contributed by atoms with E-state index in [1.54, 1.807) is 110 Å². The average Bonchev–Trinajstić information content (AvgIpc) is 0.497. The molecule has 0 aliphatic heterocycles. The van der Waals surface area contributed by atoms with Crippen molar-refractivity contribution in [2.75, 3.05) is 74.3 Å². The molecule has 0 saturated heterocycles. The monoisotopic (exact) mass is 2060 g/mol. The van der Waals surface area contributed by atoms with Crippen molar-refractivity contribution in [3.63, 3.8) is 0 Å². The number of aryl methyl sites for hydroxylation is 7. The van der Waals surface area contributed by atoms with E-state index in [9.17, 15) is 51.5 Å². The molecule has 0 bridgehead atoms. The molecule has 0 fully saturated rings. The van der Waals surface area contributed by atoms with Gasteiger partial charge in [0.1, 0.15) is 50.4 Å². The van der Waals surface area contributed by atoms with E-state index < -0.39 is 34.3 Å². The molecule has 149 heavy (non-hydrogen) atoms. The normalized spacial score (nSPS) is 11.1. The van der Waals surface area contributed by atoms with Gasteiger partial charge in [-0.15, -0.1) is 0 Å². The second-order valence-corrected chi connectivity index (χ2v) is 36.2. The number of fused-ring (bicyclic) bond motifs is 24. The van der Waals surface area contributed by atoms with Crippen LogP contribution in [0, 0.1) is 65.9 Å². The van der Waals surface area contributed by atoms with E-state index in [4.69, 9.17) is 135 Å². The molecule has 0 atom stereocenters. The van der Waals surface area contributed by atoms with E-state index in [-0.39, 0.29) is 72.8 Å². The van der Waals surface area contributed by atoms with Crippen molar-refractivity contribution < 1.29 is 67.5 Å². The average molecular weight is 2070 g/mol. The summed E-state index contributed by atoms with van der Waals surface area (Å²) in [5.74, 6) is -0.997. The number of nitrogen functional groups attached to an aromatic ring is 8. The Morgan fingerprint density at radius 3 is 0.805 bits per heavy atom. The van der Waals surface area contributed by atoms with Gasteiger partial charge < -0.3 is 100 Å². The fourth-order valence-electron chi connectivity index (χ4n) is 17.1. The zero-order valence-electron chi connectivity index (χ0n) is 81.1. The van der Waals surface area contributed by atoms with Crippen LogP contribution in [-0.4, -0.2) is 28.4 Å². The van der Waals surface area contributed by atoms with Crippen LogP contribution in [0.15, 0.2) is 310 Å².